The quantitative estimate of drug-likeness (QED) is 0.783. The number of aromatic hydroxyl groups is 2. The lowest BCUT2D eigenvalue weighted by molar-refractivity contribution is 0.132. The molecule has 0 amide bonds. The van der Waals surface area contributed by atoms with Crippen LogP contribution in [0.25, 0.3) is 0 Å². The van der Waals surface area contributed by atoms with Gasteiger partial charge in [0.2, 0.25) is 0 Å². The Morgan fingerprint density at radius 1 is 1.11 bits per heavy atom. The number of likely N-dealkylation sites (tertiary alicyclic amines) is 1. The molecule has 1 aromatic carbocycles. The highest BCUT2D eigenvalue weighted by Gasteiger charge is 2.25. The molecule has 2 atom stereocenters. The van der Waals surface area contributed by atoms with Gasteiger partial charge in [0.05, 0.1) is 0 Å². The number of hydrogen-bond acceptors (Lipinski definition) is 4. The standard InChI is InChI=1S/C15H24N2O2/c1-10(16)12-3-5-17(6-4-12)11(2)13-7-14(18)9-15(19)8-13/h7-12,18-19H,3-6,16H2,1-2H3. The summed E-state index contributed by atoms with van der Waals surface area (Å²) in [6.45, 7) is 6.23. The van der Waals surface area contributed by atoms with Crippen molar-refractivity contribution in [3.05, 3.63) is 23.8 Å². The summed E-state index contributed by atoms with van der Waals surface area (Å²) in [5.74, 6) is 0.848. The van der Waals surface area contributed by atoms with E-state index in [1.54, 1.807) is 12.1 Å². The van der Waals surface area contributed by atoms with Crippen molar-refractivity contribution in [3.8, 4) is 11.5 Å². The van der Waals surface area contributed by atoms with E-state index in [1.165, 1.54) is 6.07 Å². The SMILES string of the molecule is CC(N)C1CCN(C(C)c2cc(O)cc(O)c2)CC1. The molecule has 2 rings (SSSR count). The van der Waals surface area contributed by atoms with Crippen molar-refractivity contribution < 1.29 is 10.2 Å². The van der Waals surface area contributed by atoms with E-state index in [4.69, 9.17) is 5.73 Å². The van der Waals surface area contributed by atoms with Crippen molar-refractivity contribution >= 4 is 0 Å². The third kappa shape index (κ3) is 3.39. The van der Waals surface area contributed by atoms with E-state index in [0.29, 0.717) is 5.92 Å². The van der Waals surface area contributed by atoms with E-state index >= 15 is 0 Å². The Hall–Kier alpha value is -1.26. The van der Waals surface area contributed by atoms with Gasteiger partial charge in [-0.2, -0.15) is 0 Å². The lowest BCUT2D eigenvalue weighted by Gasteiger charge is -2.37. The third-order valence-corrected chi connectivity index (χ3v) is 4.27. The van der Waals surface area contributed by atoms with Gasteiger partial charge >= 0.3 is 0 Å². The Morgan fingerprint density at radius 3 is 2.11 bits per heavy atom. The average Bonchev–Trinajstić information content (AvgIpc) is 2.37. The fourth-order valence-corrected chi connectivity index (χ4v) is 2.90. The molecule has 1 aliphatic rings. The van der Waals surface area contributed by atoms with E-state index in [1.807, 2.05) is 0 Å². The average molecular weight is 264 g/mol. The minimum atomic E-state index is 0.118. The van der Waals surface area contributed by atoms with Crippen molar-refractivity contribution in [2.75, 3.05) is 13.1 Å². The van der Waals surface area contributed by atoms with Gasteiger partial charge in [-0.3, -0.25) is 4.90 Å². The Bertz CT molecular complexity index is 406. The van der Waals surface area contributed by atoms with E-state index in [-0.39, 0.29) is 23.6 Å². The molecule has 4 heteroatoms. The summed E-state index contributed by atoms with van der Waals surface area (Å²) in [5.41, 5.74) is 6.91. The zero-order chi connectivity index (χ0) is 14.0. The van der Waals surface area contributed by atoms with Crippen molar-refractivity contribution in [2.45, 2.75) is 38.8 Å². The molecular weight excluding hydrogens is 240 g/mol. The van der Waals surface area contributed by atoms with E-state index in [2.05, 4.69) is 18.7 Å². The van der Waals surface area contributed by atoms with Gasteiger partial charge in [-0.05, 0) is 63.4 Å². The molecule has 1 saturated heterocycles. The van der Waals surface area contributed by atoms with Crippen LogP contribution in [0, 0.1) is 5.92 Å². The second kappa shape index (κ2) is 5.80. The molecule has 2 unspecified atom stereocenters. The number of benzene rings is 1. The molecule has 19 heavy (non-hydrogen) atoms. The van der Waals surface area contributed by atoms with Gasteiger partial charge in [0.25, 0.3) is 0 Å². The van der Waals surface area contributed by atoms with Crippen LogP contribution in [0.5, 0.6) is 11.5 Å². The molecular formula is C15H24N2O2. The highest BCUT2D eigenvalue weighted by atomic mass is 16.3. The Kier molecular flexibility index (Phi) is 4.32. The summed E-state index contributed by atoms with van der Waals surface area (Å²) in [5, 5.41) is 19.1. The van der Waals surface area contributed by atoms with Crippen LogP contribution in [0.1, 0.15) is 38.3 Å². The maximum Gasteiger partial charge on any atom is 0.119 e. The topological polar surface area (TPSA) is 69.7 Å². The van der Waals surface area contributed by atoms with Gasteiger partial charge < -0.3 is 15.9 Å². The molecule has 1 aliphatic heterocycles. The first-order valence-electron chi connectivity index (χ1n) is 7.00. The van der Waals surface area contributed by atoms with E-state index < -0.39 is 0 Å². The molecule has 0 saturated carbocycles. The second-order valence-corrected chi connectivity index (χ2v) is 5.69. The Morgan fingerprint density at radius 2 is 1.63 bits per heavy atom. The molecule has 4 nitrogen and oxygen atoms in total. The molecule has 0 spiro atoms. The fraction of sp³-hybridized carbons (Fsp3) is 0.600. The minimum absolute atomic E-state index is 0.118. The number of phenols is 2. The molecule has 1 fully saturated rings. The number of rotatable bonds is 3. The summed E-state index contributed by atoms with van der Waals surface area (Å²) in [6.07, 6.45) is 2.24. The van der Waals surface area contributed by atoms with Crippen LogP contribution in [-0.2, 0) is 0 Å². The first-order valence-corrected chi connectivity index (χ1v) is 7.00. The van der Waals surface area contributed by atoms with Crippen LogP contribution in [0.3, 0.4) is 0 Å². The van der Waals surface area contributed by atoms with Crippen molar-refractivity contribution in [3.63, 3.8) is 0 Å². The predicted octanol–water partition coefficient (Wildman–Crippen LogP) is 2.22. The maximum absolute atomic E-state index is 9.56. The molecule has 1 heterocycles. The molecule has 0 radical (unpaired) electrons. The van der Waals surface area contributed by atoms with Crippen LogP contribution >= 0.6 is 0 Å². The molecule has 0 aromatic heterocycles. The van der Waals surface area contributed by atoms with Crippen LogP contribution in [0.2, 0.25) is 0 Å². The Labute approximate surface area is 114 Å². The first kappa shape index (κ1) is 14.2. The first-order chi connectivity index (χ1) is 8.97. The van der Waals surface area contributed by atoms with Crippen LogP contribution in [0.15, 0.2) is 18.2 Å². The zero-order valence-corrected chi connectivity index (χ0v) is 11.7. The smallest absolute Gasteiger partial charge is 0.119 e. The highest BCUT2D eigenvalue weighted by molar-refractivity contribution is 5.38. The molecule has 106 valence electrons. The van der Waals surface area contributed by atoms with Crippen molar-refractivity contribution in [1.29, 1.82) is 0 Å². The lowest BCUT2D eigenvalue weighted by atomic mass is 9.89. The van der Waals surface area contributed by atoms with Gasteiger partial charge in [-0.25, -0.2) is 0 Å². The molecule has 0 bridgehead atoms. The molecule has 4 N–H and O–H groups in total. The molecule has 0 aliphatic carbocycles. The lowest BCUT2D eigenvalue weighted by Crippen LogP contribution is -2.40. The largest absolute Gasteiger partial charge is 0.508 e. The van der Waals surface area contributed by atoms with Crippen LogP contribution in [-0.4, -0.2) is 34.2 Å². The molecule has 1 aromatic rings. The summed E-state index contributed by atoms with van der Waals surface area (Å²) < 4.78 is 0. The van der Waals surface area contributed by atoms with Gasteiger partial charge in [-0.15, -0.1) is 0 Å². The maximum atomic E-state index is 9.56. The van der Waals surface area contributed by atoms with Crippen LogP contribution < -0.4 is 5.73 Å². The van der Waals surface area contributed by atoms with E-state index in [9.17, 15) is 10.2 Å². The number of hydrogen-bond donors (Lipinski definition) is 3. The monoisotopic (exact) mass is 264 g/mol. The number of phenolic OH excluding ortho intramolecular Hbond substituents is 2. The minimum Gasteiger partial charge on any atom is -0.508 e. The zero-order valence-electron chi connectivity index (χ0n) is 11.7. The summed E-state index contributed by atoms with van der Waals surface area (Å²) in [4.78, 5) is 2.38. The van der Waals surface area contributed by atoms with Gasteiger partial charge in [-0.1, -0.05) is 0 Å². The third-order valence-electron chi connectivity index (χ3n) is 4.27. The van der Waals surface area contributed by atoms with Crippen LogP contribution in [0.4, 0.5) is 0 Å². The van der Waals surface area contributed by atoms with Crippen molar-refractivity contribution in [2.24, 2.45) is 11.7 Å². The second-order valence-electron chi connectivity index (χ2n) is 5.69. The van der Waals surface area contributed by atoms with Gasteiger partial charge in [0.1, 0.15) is 11.5 Å². The Balaban J connectivity index is 2.02. The summed E-state index contributed by atoms with van der Waals surface area (Å²) in [6, 6.07) is 5.28. The number of nitrogens with two attached hydrogens (primary N) is 1. The number of nitrogens with zero attached hydrogens (tertiary/aromatic N) is 1. The summed E-state index contributed by atoms with van der Waals surface area (Å²) in [7, 11) is 0. The van der Waals surface area contributed by atoms with Gasteiger partial charge in [0, 0.05) is 18.2 Å². The van der Waals surface area contributed by atoms with Crippen molar-refractivity contribution in [1.82, 2.24) is 4.90 Å². The van der Waals surface area contributed by atoms with E-state index in [0.717, 1.165) is 31.5 Å². The fourth-order valence-electron chi connectivity index (χ4n) is 2.90. The summed E-state index contributed by atoms with van der Waals surface area (Å²) >= 11 is 0. The predicted molar refractivity (Wildman–Crippen MR) is 76.1 cm³/mol. The normalized spacial score (nSPS) is 21.2. The van der Waals surface area contributed by atoms with Gasteiger partial charge in [0.15, 0.2) is 0 Å². The number of piperidine rings is 1. The highest BCUT2D eigenvalue weighted by Crippen LogP contribution is 2.31.